The van der Waals surface area contributed by atoms with Crippen molar-refractivity contribution in [3.63, 3.8) is 0 Å². The van der Waals surface area contributed by atoms with E-state index in [0.717, 1.165) is 11.8 Å². The molecule has 6 nitrogen and oxygen atoms in total. The molecule has 2 aromatic rings. The van der Waals surface area contributed by atoms with Gasteiger partial charge in [0.1, 0.15) is 12.0 Å². The Labute approximate surface area is 126 Å². The Balaban J connectivity index is 2.33. The largest absolute Gasteiger partial charge is 0.394 e. The monoisotopic (exact) mass is 307 g/mol. The molecule has 0 radical (unpaired) electrons. The lowest BCUT2D eigenvalue weighted by molar-refractivity contribution is -0.385. The number of pyridine rings is 1. The lowest BCUT2D eigenvalue weighted by Crippen LogP contribution is -2.36. The summed E-state index contributed by atoms with van der Waals surface area (Å²) >= 11 is 6.01. The smallest absolute Gasteiger partial charge is 0.289 e. The summed E-state index contributed by atoms with van der Waals surface area (Å²) in [7, 11) is 0. The normalized spacial score (nSPS) is 13.5. The first-order valence-corrected chi connectivity index (χ1v) is 6.58. The minimum atomic E-state index is -0.798. The summed E-state index contributed by atoms with van der Waals surface area (Å²) in [4.78, 5) is 14.1. The zero-order valence-corrected chi connectivity index (χ0v) is 12.0. The third-order valence-corrected chi connectivity index (χ3v) is 3.45. The van der Waals surface area contributed by atoms with Gasteiger partial charge in [-0.2, -0.15) is 0 Å². The van der Waals surface area contributed by atoms with Crippen molar-refractivity contribution >= 4 is 23.1 Å². The number of nitro groups is 1. The standard InChI is InChI=1S/C14H14ClN3O3/c1-14(9-19,10-5-3-2-4-6-10)17-13-12(15)7-11(8-16-13)18(20)21/h2-8,19H,9H2,1H3,(H,16,17). The first-order chi connectivity index (χ1) is 9.96. The van der Waals surface area contributed by atoms with Crippen LogP contribution in [-0.4, -0.2) is 21.6 Å². The summed E-state index contributed by atoms with van der Waals surface area (Å²) < 4.78 is 0. The minimum absolute atomic E-state index is 0.125. The molecule has 0 aliphatic carbocycles. The quantitative estimate of drug-likeness (QED) is 0.655. The van der Waals surface area contributed by atoms with Crippen LogP contribution in [0.2, 0.25) is 5.02 Å². The molecule has 0 aliphatic heterocycles. The topological polar surface area (TPSA) is 88.3 Å². The second kappa shape index (κ2) is 6.07. The Kier molecular flexibility index (Phi) is 4.40. The fourth-order valence-electron chi connectivity index (χ4n) is 1.89. The van der Waals surface area contributed by atoms with Gasteiger partial charge in [-0.05, 0) is 12.5 Å². The zero-order valence-electron chi connectivity index (χ0n) is 11.3. The van der Waals surface area contributed by atoms with Gasteiger partial charge in [0.15, 0.2) is 0 Å². The van der Waals surface area contributed by atoms with E-state index in [-0.39, 0.29) is 23.1 Å². The van der Waals surface area contributed by atoms with E-state index in [4.69, 9.17) is 11.6 Å². The molecule has 1 atom stereocenters. The lowest BCUT2D eigenvalue weighted by atomic mass is 9.93. The van der Waals surface area contributed by atoms with Crippen LogP contribution in [0.15, 0.2) is 42.6 Å². The highest BCUT2D eigenvalue weighted by atomic mass is 35.5. The van der Waals surface area contributed by atoms with E-state index in [1.165, 1.54) is 6.07 Å². The van der Waals surface area contributed by atoms with Crippen molar-refractivity contribution < 1.29 is 10.0 Å². The predicted octanol–water partition coefficient (Wildman–Crippen LogP) is 2.96. The summed E-state index contributed by atoms with van der Waals surface area (Å²) in [5.41, 5.74) is -0.131. The van der Waals surface area contributed by atoms with Crippen molar-refractivity contribution in [3.8, 4) is 0 Å². The Bertz CT molecular complexity index is 651. The van der Waals surface area contributed by atoms with Crippen molar-refractivity contribution in [2.24, 2.45) is 0 Å². The van der Waals surface area contributed by atoms with Crippen LogP contribution in [0.3, 0.4) is 0 Å². The summed E-state index contributed by atoms with van der Waals surface area (Å²) in [5.74, 6) is 0.280. The number of nitrogens with zero attached hydrogens (tertiary/aromatic N) is 2. The number of aliphatic hydroxyl groups excluding tert-OH is 1. The van der Waals surface area contributed by atoms with Crippen LogP contribution in [0.25, 0.3) is 0 Å². The Morgan fingerprint density at radius 1 is 1.43 bits per heavy atom. The highest BCUT2D eigenvalue weighted by Gasteiger charge is 2.27. The van der Waals surface area contributed by atoms with Gasteiger partial charge in [0.25, 0.3) is 5.69 Å². The molecule has 0 amide bonds. The van der Waals surface area contributed by atoms with Gasteiger partial charge < -0.3 is 10.4 Å². The molecule has 0 saturated heterocycles. The summed E-state index contributed by atoms with van der Waals surface area (Å²) in [6, 6.07) is 10.5. The van der Waals surface area contributed by atoms with Gasteiger partial charge >= 0.3 is 0 Å². The third-order valence-electron chi connectivity index (χ3n) is 3.16. The highest BCUT2D eigenvalue weighted by Crippen LogP contribution is 2.30. The number of aliphatic hydroxyl groups is 1. The Morgan fingerprint density at radius 2 is 2.10 bits per heavy atom. The molecular weight excluding hydrogens is 294 g/mol. The van der Waals surface area contributed by atoms with Crippen LogP contribution in [0.1, 0.15) is 12.5 Å². The summed E-state index contributed by atoms with van der Waals surface area (Å²) in [5, 5.41) is 23.5. The van der Waals surface area contributed by atoms with E-state index in [1.54, 1.807) is 6.92 Å². The third kappa shape index (κ3) is 3.29. The summed E-state index contributed by atoms with van der Waals surface area (Å²) in [6.07, 6.45) is 1.12. The van der Waals surface area contributed by atoms with E-state index in [2.05, 4.69) is 10.3 Å². The van der Waals surface area contributed by atoms with Crippen LogP contribution < -0.4 is 5.32 Å². The first-order valence-electron chi connectivity index (χ1n) is 6.21. The average Bonchev–Trinajstić information content (AvgIpc) is 2.50. The molecule has 2 rings (SSSR count). The molecule has 1 unspecified atom stereocenters. The van der Waals surface area contributed by atoms with Crippen LogP contribution in [0.5, 0.6) is 0 Å². The summed E-state index contributed by atoms with van der Waals surface area (Å²) in [6.45, 7) is 1.60. The van der Waals surface area contributed by atoms with Gasteiger partial charge in [-0.25, -0.2) is 4.98 Å². The molecule has 0 saturated carbocycles. The number of aromatic nitrogens is 1. The molecule has 110 valence electrons. The number of anilines is 1. The van der Waals surface area contributed by atoms with Crippen LogP contribution in [0.4, 0.5) is 11.5 Å². The molecule has 0 fully saturated rings. The van der Waals surface area contributed by atoms with Crippen molar-refractivity contribution in [3.05, 3.63) is 63.3 Å². The molecule has 21 heavy (non-hydrogen) atoms. The van der Waals surface area contributed by atoms with Gasteiger partial charge in [-0.3, -0.25) is 10.1 Å². The number of hydrogen-bond donors (Lipinski definition) is 2. The van der Waals surface area contributed by atoms with Crippen molar-refractivity contribution in [2.45, 2.75) is 12.5 Å². The zero-order chi connectivity index (χ0) is 15.5. The first kappa shape index (κ1) is 15.2. The highest BCUT2D eigenvalue weighted by molar-refractivity contribution is 6.33. The van der Waals surface area contributed by atoms with Crippen LogP contribution in [-0.2, 0) is 5.54 Å². The molecule has 2 N–H and O–H groups in total. The molecule has 1 aromatic carbocycles. The molecular formula is C14H14ClN3O3. The van der Waals surface area contributed by atoms with E-state index >= 15 is 0 Å². The molecule has 1 aromatic heterocycles. The molecule has 1 heterocycles. The second-order valence-corrected chi connectivity index (χ2v) is 5.17. The number of benzene rings is 1. The fraction of sp³-hybridized carbons (Fsp3) is 0.214. The van der Waals surface area contributed by atoms with E-state index < -0.39 is 10.5 Å². The fourth-order valence-corrected chi connectivity index (χ4v) is 2.10. The van der Waals surface area contributed by atoms with Gasteiger partial charge in [-0.15, -0.1) is 0 Å². The maximum Gasteiger partial charge on any atom is 0.289 e. The second-order valence-electron chi connectivity index (χ2n) is 4.76. The van der Waals surface area contributed by atoms with Gasteiger partial charge in [0.2, 0.25) is 0 Å². The molecule has 0 aliphatic rings. The maximum atomic E-state index is 10.7. The minimum Gasteiger partial charge on any atom is -0.394 e. The average molecular weight is 308 g/mol. The van der Waals surface area contributed by atoms with Gasteiger partial charge in [0.05, 0.1) is 22.1 Å². The molecule has 0 bridgehead atoms. The van der Waals surface area contributed by atoms with E-state index in [1.807, 2.05) is 30.3 Å². The predicted molar refractivity (Wildman–Crippen MR) is 80.4 cm³/mol. The Hall–Kier alpha value is -2.18. The molecule has 7 heteroatoms. The van der Waals surface area contributed by atoms with E-state index in [0.29, 0.717) is 0 Å². The van der Waals surface area contributed by atoms with Crippen LogP contribution in [0, 0.1) is 10.1 Å². The molecule has 0 spiro atoms. The van der Waals surface area contributed by atoms with E-state index in [9.17, 15) is 15.2 Å². The SMILES string of the molecule is CC(CO)(Nc1ncc([N+](=O)[O-])cc1Cl)c1ccccc1. The number of rotatable bonds is 5. The maximum absolute atomic E-state index is 10.7. The number of halogens is 1. The van der Waals surface area contributed by atoms with Gasteiger partial charge in [0, 0.05) is 6.07 Å². The number of hydrogen-bond acceptors (Lipinski definition) is 5. The lowest BCUT2D eigenvalue weighted by Gasteiger charge is -2.30. The van der Waals surface area contributed by atoms with Crippen molar-refractivity contribution in [1.82, 2.24) is 4.98 Å². The van der Waals surface area contributed by atoms with Crippen LogP contribution >= 0.6 is 11.6 Å². The van der Waals surface area contributed by atoms with Crippen molar-refractivity contribution in [2.75, 3.05) is 11.9 Å². The number of nitrogens with one attached hydrogen (secondary N) is 1. The van der Waals surface area contributed by atoms with Crippen molar-refractivity contribution in [1.29, 1.82) is 0 Å². The Morgan fingerprint density at radius 3 is 2.62 bits per heavy atom. The van der Waals surface area contributed by atoms with Gasteiger partial charge in [-0.1, -0.05) is 41.9 Å².